The average Bonchev–Trinajstić information content (AvgIpc) is 3.03. The van der Waals surface area contributed by atoms with E-state index in [1.807, 2.05) is 49.4 Å². The number of ether oxygens (including phenoxy) is 1. The molecular formula is C22H25N3O3. The van der Waals surface area contributed by atoms with Crippen LogP contribution in [0.4, 0.5) is 11.4 Å². The van der Waals surface area contributed by atoms with Crippen LogP contribution in [0.3, 0.4) is 0 Å². The van der Waals surface area contributed by atoms with E-state index < -0.39 is 0 Å². The molecule has 0 bridgehead atoms. The average molecular weight is 379 g/mol. The zero-order valence-electron chi connectivity index (χ0n) is 16.3. The lowest BCUT2D eigenvalue weighted by Crippen LogP contribution is -2.52. The van der Waals surface area contributed by atoms with Gasteiger partial charge >= 0.3 is 0 Å². The Kier molecular flexibility index (Phi) is 5.05. The molecule has 1 unspecified atom stereocenters. The molecule has 6 nitrogen and oxygen atoms in total. The summed E-state index contributed by atoms with van der Waals surface area (Å²) in [6, 6.07) is 15.2. The Morgan fingerprint density at radius 3 is 2.32 bits per heavy atom. The van der Waals surface area contributed by atoms with E-state index in [1.54, 1.807) is 7.11 Å². The van der Waals surface area contributed by atoms with Gasteiger partial charge in [-0.2, -0.15) is 0 Å². The predicted octanol–water partition coefficient (Wildman–Crippen LogP) is 2.46. The standard InChI is InChI=1S/C22H25N3O3/c1-16-6-8-17(9-7-16)25-21(26)15-20(22(25)27)24-12-10-23(11-13-24)18-4-3-5-19(14-18)28-2/h3-9,14,20H,10-13,15H2,1-2H3. The molecule has 2 heterocycles. The van der Waals surface area contributed by atoms with E-state index in [0.717, 1.165) is 43.2 Å². The molecule has 0 N–H and O–H groups in total. The minimum atomic E-state index is -0.360. The smallest absolute Gasteiger partial charge is 0.251 e. The Morgan fingerprint density at radius 1 is 0.929 bits per heavy atom. The maximum absolute atomic E-state index is 13.0. The summed E-state index contributed by atoms with van der Waals surface area (Å²) in [5, 5.41) is 0. The van der Waals surface area contributed by atoms with E-state index in [9.17, 15) is 9.59 Å². The number of methoxy groups -OCH3 is 1. The number of benzene rings is 2. The second-order valence-corrected chi connectivity index (χ2v) is 7.35. The summed E-state index contributed by atoms with van der Waals surface area (Å²) in [4.78, 5) is 31.3. The zero-order valence-corrected chi connectivity index (χ0v) is 16.3. The number of carbonyl (C=O) groups is 2. The van der Waals surface area contributed by atoms with Crippen LogP contribution in [-0.2, 0) is 9.59 Å². The number of anilines is 2. The van der Waals surface area contributed by atoms with Crippen LogP contribution in [0.25, 0.3) is 0 Å². The number of piperazine rings is 1. The number of hydrogen-bond acceptors (Lipinski definition) is 5. The van der Waals surface area contributed by atoms with Gasteiger partial charge in [-0.15, -0.1) is 0 Å². The van der Waals surface area contributed by atoms with Gasteiger partial charge in [0, 0.05) is 37.9 Å². The molecule has 0 aliphatic carbocycles. The molecule has 2 fully saturated rings. The summed E-state index contributed by atoms with van der Waals surface area (Å²) < 4.78 is 5.31. The van der Waals surface area contributed by atoms with Gasteiger partial charge in [-0.05, 0) is 31.2 Å². The van der Waals surface area contributed by atoms with Crippen LogP contribution >= 0.6 is 0 Å². The van der Waals surface area contributed by atoms with Gasteiger partial charge in [-0.3, -0.25) is 14.5 Å². The number of amides is 2. The van der Waals surface area contributed by atoms with Crippen LogP contribution < -0.4 is 14.5 Å². The number of aryl methyl sites for hydroxylation is 1. The summed E-state index contributed by atoms with van der Waals surface area (Å²) in [6.07, 6.45) is 0.256. The van der Waals surface area contributed by atoms with Crippen molar-refractivity contribution in [2.75, 3.05) is 43.1 Å². The van der Waals surface area contributed by atoms with Gasteiger partial charge in [-0.25, -0.2) is 4.90 Å². The lowest BCUT2D eigenvalue weighted by Gasteiger charge is -2.38. The summed E-state index contributed by atoms with van der Waals surface area (Å²) in [5.74, 6) is 0.614. The van der Waals surface area contributed by atoms with Gasteiger partial charge in [0.1, 0.15) is 5.75 Å². The third-order valence-corrected chi connectivity index (χ3v) is 5.59. The second-order valence-electron chi connectivity index (χ2n) is 7.35. The minimum absolute atomic E-state index is 0.108. The van der Waals surface area contributed by atoms with Gasteiger partial charge < -0.3 is 9.64 Å². The Balaban J connectivity index is 1.42. The minimum Gasteiger partial charge on any atom is -0.497 e. The van der Waals surface area contributed by atoms with Crippen molar-refractivity contribution in [3.05, 3.63) is 54.1 Å². The monoisotopic (exact) mass is 379 g/mol. The van der Waals surface area contributed by atoms with Crippen LogP contribution in [0.15, 0.2) is 48.5 Å². The third-order valence-electron chi connectivity index (χ3n) is 5.59. The molecule has 4 rings (SSSR count). The SMILES string of the molecule is COc1cccc(N2CCN(C3CC(=O)N(c4ccc(C)cc4)C3=O)CC2)c1. The Labute approximate surface area is 165 Å². The lowest BCUT2D eigenvalue weighted by molar-refractivity contribution is -0.123. The number of nitrogens with zero attached hydrogens (tertiary/aromatic N) is 3. The highest BCUT2D eigenvalue weighted by atomic mass is 16.5. The van der Waals surface area contributed by atoms with Crippen molar-refractivity contribution < 1.29 is 14.3 Å². The topological polar surface area (TPSA) is 53.1 Å². The van der Waals surface area contributed by atoms with Gasteiger partial charge in [0.2, 0.25) is 5.91 Å². The molecule has 2 aliphatic rings. The summed E-state index contributed by atoms with van der Waals surface area (Å²) in [7, 11) is 1.67. The highest BCUT2D eigenvalue weighted by Crippen LogP contribution is 2.28. The third kappa shape index (κ3) is 3.47. The number of rotatable bonds is 4. The quantitative estimate of drug-likeness (QED) is 0.764. The highest BCUT2D eigenvalue weighted by Gasteiger charge is 2.43. The van der Waals surface area contributed by atoms with Crippen molar-refractivity contribution in [2.45, 2.75) is 19.4 Å². The first-order valence-electron chi connectivity index (χ1n) is 9.63. The van der Waals surface area contributed by atoms with Crippen LogP contribution in [0.1, 0.15) is 12.0 Å². The zero-order chi connectivity index (χ0) is 19.7. The van der Waals surface area contributed by atoms with Crippen molar-refractivity contribution in [1.82, 2.24) is 4.90 Å². The van der Waals surface area contributed by atoms with Gasteiger partial charge in [0.05, 0.1) is 25.3 Å². The molecule has 28 heavy (non-hydrogen) atoms. The molecule has 0 aromatic heterocycles. The molecule has 6 heteroatoms. The van der Waals surface area contributed by atoms with Crippen molar-refractivity contribution in [2.24, 2.45) is 0 Å². The molecule has 2 aromatic rings. The van der Waals surface area contributed by atoms with Crippen LogP contribution in [0, 0.1) is 6.92 Å². The van der Waals surface area contributed by atoms with Crippen LogP contribution in [-0.4, -0.2) is 56.0 Å². The molecule has 2 aromatic carbocycles. The van der Waals surface area contributed by atoms with E-state index in [2.05, 4.69) is 15.9 Å². The lowest BCUT2D eigenvalue weighted by atomic mass is 10.1. The Hall–Kier alpha value is -2.86. The first kappa shape index (κ1) is 18.5. The molecular weight excluding hydrogens is 354 g/mol. The van der Waals surface area contributed by atoms with E-state index in [1.165, 1.54) is 4.90 Å². The molecule has 0 spiro atoms. The van der Waals surface area contributed by atoms with E-state index in [4.69, 9.17) is 4.74 Å². The molecule has 146 valence electrons. The van der Waals surface area contributed by atoms with E-state index >= 15 is 0 Å². The largest absolute Gasteiger partial charge is 0.497 e. The number of hydrogen-bond donors (Lipinski definition) is 0. The highest BCUT2D eigenvalue weighted by molar-refractivity contribution is 6.22. The molecule has 2 saturated heterocycles. The summed E-state index contributed by atoms with van der Waals surface area (Å²) in [5.41, 5.74) is 2.89. The summed E-state index contributed by atoms with van der Waals surface area (Å²) in [6.45, 7) is 5.12. The predicted molar refractivity (Wildman–Crippen MR) is 109 cm³/mol. The molecule has 0 radical (unpaired) electrons. The van der Waals surface area contributed by atoms with E-state index in [-0.39, 0.29) is 24.3 Å². The fourth-order valence-electron chi connectivity index (χ4n) is 3.97. The maximum atomic E-state index is 13.0. The molecule has 2 aliphatic heterocycles. The van der Waals surface area contributed by atoms with Crippen LogP contribution in [0.2, 0.25) is 0 Å². The Bertz CT molecular complexity index is 873. The van der Waals surface area contributed by atoms with Crippen molar-refractivity contribution in [1.29, 1.82) is 0 Å². The van der Waals surface area contributed by atoms with Gasteiger partial charge in [-0.1, -0.05) is 23.8 Å². The van der Waals surface area contributed by atoms with Crippen molar-refractivity contribution in [3.63, 3.8) is 0 Å². The number of imide groups is 1. The van der Waals surface area contributed by atoms with Gasteiger partial charge in [0.25, 0.3) is 5.91 Å². The molecule has 1 atom stereocenters. The molecule has 0 saturated carbocycles. The first-order valence-corrected chi connectivity index (χ1v) is 9.63. The van der Waals surface area contributed by atoms with Crippen LogP contribution in [0.5, 0.6) is 5.75 Å². The van der Waals surface area contributed by atoms with Gasteiger partial charge in [0.15, 0.2) is 0 Å². The fourth-order valence-corrected chi connectivity index (χ4v) is 3.97. The maximum Gasteiger partial charge on any atom is 0.251 e. The Morgan fingerprint density at radius 2 is 1.64 bits per heavy atom. The normalized spacial score (nSPS) is 20.7. The summed E-state index contributed by atoms with van der Waals surface area (Å²) >= 11 is 0. The second kappa shape index (κ2) is 7.64. The molecule has 2 amide bonds. The van der Waals surface area contributed by atoms with Crippen molar-refractivity contribution in [3.8, 4) is 5.75 Å². The van der Waals surface area contributed by atoms with Crippen molar-refractivity contribution >= 4 is 23.2 Å². The first-order chi connectivity index (χ1) is 13.6. The number of carbonyl (C=O) groups excluding carboxylic acids is 2. The fraction of sp³-hybridized carbons (Fsp3) is 0.364. The van der Waals surface area contributed by atoms with E-state index in [0.29, 0.717) is 5.69 Å².